The quantitative estimate of drug-likeness (QED) is 0.698. The average molecular weight is 354 g/mol. The summed E-state index contributed by atoms with van der Waals surface area (Å²) in [7, 11) is 0. The molecule has 23 heavy (non-hydrogen) atoms. The van der Waals surface area contributed by atoms with Gasteiger partial charge in [-0.05, 0) is 17.7 Å². The van der Waals surface area contributed by atoms with Crippen molar-refractivity contribution < 1.29 is 4.79 Å². The van der Waals surface area contributed by atoms with Crippen LogP contribution in [0.25, 0.3) is 0 Å². The molecule has 0 unspecified atom stereocenters. The normalized spacial score (nSPS) is 11.7. The second-order valence-corrected chi connectivity index (χ2v) is 5.15. The highest BCUT2D eigenvalue weighted by atomic mass is 35.5. The minimum atomic E-state index is 0. The van der Waals surface area contributed by atoms with E-state index in [0.29, 0.717) is 6.42 Å². The number of nitrogens with one attached hydrogen (secondary N) is 3. The van der Waals surface area contributed by atoms with Crippen molar-refractivity contribution in [3.8, 4) is 0 Å². The van der Waals surface area contributed by atoms with Gasteiger partial charge in [0.15, 0.2) is 0 Å². The second kappa shape index (κ2) is 9.40. The molecule has 1 heterocycles. The second-order valence-electron chi connectivity index (χ2n) is 5.15. The summed E-state index contributed by atoms with van der Waals surface area (Å²) < 4.78 is 0. The Morgan fingerprint density at radius 1 is 0.957 bits per heavy atom. The van der Waals surface area contributed by atoms with E-state index < -0.39 is 0 Å². The molecule has 0 fully saturated rings. The van der Waals surface area contributed by atoms with E-state index in [1.807, 2.05) is 36.4 Å². The van der Waals surface area contributed by atoms with Crippen molar-refractivity contribution in [3.63, 3.8) is 0 Å². The molecule has 3 N–H and O–H groups in total. The van der Waals surface area contributed by atoms with E-state index in [1.54, 1.807) is 0 Å². The molecule has 1 amide bonds. The Labute approximate surface area is 148 Å². The number of fused-ring (bicyclic) bond motifs is 1. The number of carbonyl (C=O) groups excluding carboxylic acids is 1. The van der Waals surface area contributed by atoms with Gasteiger partial charge in [0.2, 0.25) is 5.91 Å². The van der Waals surface area contributed by atoms with Gasteiger partial charge in [0, 0.05) is 36.6 Å². The van der Waals surface area contributed by atoms with Crippen LogP contribution in [0.2, 0.25) is 0 Å². The largest absolute Gasteiger partial charge is 0.383 e. The first-order chi connectivity index (χ1) is 10.3. The molecule has 0 saturated heterocycles. The Bertz CT molecular complexity index is 635. The minimum absolute atomic E-state index is 0. The van der Waals surface area contributed by atoms with E-state index in [0.717, 1.165) is 36.6 Å². The molecule has 2 aromatic carbocycles. The summed E-state index contributed by atoms with van der Waals surface area (Å²) in [6, 6.07) is 16.3. The molecule has 6 heteroatoms. The van der Waals surface area contributed by atoms with Gasteiger partial charge in [-0.2, -0.15) is 0 Å². The molecule has 3 rings (SSSR count). The number of rotatable bonds is 6. The van der Waals surface area contributed by atoms with E-state index in [1.165, 1.54) is 5.56 Å². The van der Waals surface area contributed by atoms with Crippen LogP contribution in [0.3, 0.4) is 0 Å². The van der Waals surface area contributed by atoms with Gasteiger partial charge in [0.1, 0.15) is 0 Å². The third-order valence-electron chi connectivity index (χ3n) is 3.58. The van der Waals surface area contributed by atoms with E-state index in [9.17, 15) is 4.79 Å². The predicted molar refractivity (Wildman–Crippen MR) is 99.9 cm³/mol. The van der Waals surface area contributed by atoms with E-state index in [2.05, 4.69) is 28.1 Å². The van der Waals surface area contributed by atoms with Gasteiger partial charge in [-0.15, -0.1) is 24.8 Å². The van der Waals surface area contributed by atoms with Crippen molar-refractivity contribution >= 4 is 42.1 Å². The lowest BCUT2D eigenvalue weighted by Gasteiger charge is -2.11. The lowest BCUT2D eigenvalue weighted by Crippen LogP contribution is -2.22. The van der Waals surface area contributed by atoms with Gasteiger partial charge in [-0.1, -0.05) is 36.4 Å². The number of hydrogen-bond acceptors (Lipinski definition) is 3. The van der Waals surface area contributed by atoms with Gasteiger partial charge >= 0.3 is 0 Å². The topological polar surface area (TPSA) is 53.2 Å². The zero-order valence-corrected chi connectivity index (χ0v) is 14.3. The third-order valence-corrected chi connectivity index (χ3v) is 3.58. The molecule has 2 aromatic rings. The van der Waals surface area contributed by atoms with Crippen LogP contribution in [-0.4, -0.2) is 19.0 Å². The van der Waals surface area contributed by atoms with Gasteiger partial charge in [0.05, 0.1) is 6.42 Å². The highest BCUT2D eigenvalue weighted by molar-refractivity contribution is 6.01. The van der Waals surface area contributed by atoms with Crippen molar-refractivity contribution in [3.05, 3.63) is 59.7 Å². The van der Waals surface area contributed by atoms with Gasteiger partial charge in [-0.25, -0.2) is 0 Å². The molecule has 0 atom stereocenters. The first-order valence-corrected chi connectivity index (χ1v) is 7.23. The van der Waals surface area contributed by atoms with Crippen LogP contribution in [0.5, 0.6) is 0 Å². The van der Waals surface area contributed by atoms with E-state index in [-0.39, 0.29) is 30.7 Å². The molecule has 124 valence electrons. The molecular formula is C17H21Cl2N3O. The van der Waals surface area contributed by atoms with Crippen LogP contribution in [0, 0.1) is 0 Å². The summed E-state index contributed by atoms with van der Waals surface area (Å²) in [6.45, 7) is 2.58. The lowest BCUT2D eigenvalue weighted by atomic mass is 10.1. The van der Waals surface area contributed by atoms with Crippen molar-refractivity contribution in [2.45, 2.75) is 13.0 Å². The Morgan fingerprint density at radius 2 is 1.74 bits per heavy atom. The van der Waals surface area contributed by atoms with Crippen LogP contribution >= 0.6 is 24.8 Å². The number of carbonyl (C=O) groups is 1. The van der Waals surface area contributed by atoms with E-state index >= 15 is 0 Å². The van der Waals surface area contributed by atoms with Crippen molar-refractivity contribution in [1.29, 1.82) is 0 Å². The van der Waals surface area contributed by atoms with Gasteiger partial charge in [0.25, 0.3) is 0 Å². The molecule has 0 radical (unpaired) electrons. The third kappa shape index (κ3) is 5.13. The molecule has 0 saturated carbocycles. The number of anilines is 2. The summed E-state index contributed by atoms with van der Waals surface area (Å²) >= 11 is 0. The molecule has 4 nitrogen and oxygen atoms in total. The maximum absolute atomic E-state index is 11.4. The predicted octanol–water partition coefficient (Wildman–Crippen LogP) is 3.23. The first-order valence-electron chi connectivity index (χ1n) is 7.23. The number of hydrogen-bond donors (Lipinski definition) is 3. The smallest absolute Gasteiger partial charge is 0.228 e. The van der Waals surface area contributed by atoms with Crippen LogP contribution in [0.15, 0.2) is 48.5 Å². The van der Waals surface area contributed by atoms with Crippen molar-refractivity contribution in [2.75, 3.05) is 23.7 Å². The number of amides is 1. The first kappa shape index (κ1) is 19.3. The van der Waals surface area contributed by atoms with Gasteiger partial charge < -0.3 is 16.0 Å². The highest BCUT2D eigenvalue weighted by Crippen LogP contribution is 2.29. The Balaban J connectivity index is 0.00000132. The Morgan fingerprint density at radius 3 is 2.52 bits per heavy atom. The SMILES string of the molecule is Cl.Cl.O=C1Cc2c(NCCNCc3ccccc3)cccc2N1. The van der Waals surface area contributed by atoms with E-state index in [4.69, 9.17) is 0 Å². The molecule has 0 aromatic heterocycles. The van der Waals surface area contributed by atoms with Crippen LogP contribution in [0.4, 0.5) is 11.4 Å². The highest BCUT2D eigenvalue weighted by Gasteiger charge is 2.19. The summed E-state index contributed by atoms with van der Waals surface area (Å²) in [5.74, 6) is 0.0708. The average Bonchev–Trinajstić information content (AvgIpc) is 2.89. The fourth-order valence-corrected chi connectivity index (χ4v) is 2.53. The summed E-state index contributed by atoms with van der Waals surface area (Å²) in [5, 5.41) is 9.67. The number of benzene rings is 2. The molecular weight excluding hydrogens is 333 g/mol. The van der Waals surface area contributed by atoms with Crippen LogP contribution < -0.4 is 16.0 Å². The maximum atomic E-state index is 11.4. The number of halogens is 2. The fourth-order valence-electron chi connectivity index (χ4n) is 2.53. The maximum Gasteiger partial charge on any atom is 0.228 e. The minimum Gasteiger partial charge on any atom is -0.383 e. The fraction of sp³-hybridized carbons (Fsp3) is 0.235. The van der Waals surface area contributed by atoms with Crippen molar-refractivity contribution in [1.82, 2.24) is 5.32 Å². The van der Waals surface area contributed by atoms with Crippen molar-refractivity contribution in [2.24, 2.45) is 0 Å². The standard InChI is InChI=1S/C17H19N3O.2ClH/c21-17-11-14-15(7-4-8-16(14)20-17)19-10-9-18-12-13-5-2-1-3-6-13;;/h1-8,18-19H,9-12H2,(H,20,21);2*1H. The molecule has 0 spiro atoms. The molecule has 1 aliphatic rings. The van der Waals surface area contributed by atoms with Crippen LogP contribution in [0.1, 0.15) is 11.1 Å². The Hall–Kier alpha value is -1.75. The monoisotopic (exact) mass is 353 g/mol. The zero-order chi connectivity index (χ0) is 14.5. The summed E-state index contributed by atoms with van der Waals surface area (Å²) in [5.41, 5.74) is 4.34. The van der Waals surface area contributed by atoms with Crippen LogP contribution in [-0.2, 0) is 17.8 Å². The van der Waals surface area contributed by atoms with Gasteiger partial charge in [-0.3, -0.25) is 4.79 Å². The summed E-state index contributed by atoms with van der Waals surface area (Å²) in [4.78, 5) is 11.4. The molecule has 0 aliphatic carbocycles. The molecule has 0 bridgehead atoms. The zero-order valence-electron chi connectivity index (χ0n) is 12.7. The Kier molecular flexibility index (Phi) is 7.89. The lowest BCUT2D eigenvalue weighted by molar-refractivity contribution is -0.115. The molecule has 1 aliphatic heterocycles. The summed E-state index contributed by atoms with van der Waals surface area (Å²) in [6.07, 6.45) is 0.468.